The van der Waals surface area contributed by atoms with Crippen LogP contribution in [0.3, 0.4) is 0 Å². The lowest BCUT2D eigenvalue weighted by Crippen LogP contribution is -2.48. The Bertz CT molecular complexity index is 761. The minimum absolute atomic E-state index is 0.164. The predicted molar refractivity (Wildman–Crippen MR) is 85.1 cm³/mol. The molecule has 1 aromatic heterocycles. The fourth-order valence-corrected chi connectivity index (χ4v) is 3.77. The Morgan fingerprint density at radius 2 is 1.95 bits per heavy atom. The molecule has 0 unspecified atom stereocenters. The van der Waals surface area contributed by atoms with Gasteiger partial charge in [0.2, 0.25) is 15.9 Å². The Kier molecular flexibility index (Phi) is 4.20. The number of benzene rings is 1. The maximum Gasteiger partial charge on any atom is 0.213 e. The van der Waals surface area contributed by atoms with Crippen molar-refractivity contribution in [1.82, 2.24) is 14.2 Å². The number of hydrogen-bond acceptors (Lipinski definition) is 5. The van der Waals surface area contributed by atoms with Crippen molar-refractivity contribution in [2.24, 2.45) is 0 Å². The molecule has 0 saturated carbocycles. The average Bonchev–Trinajstić information content (AvgIpc) is 2.89. The van der Waals surface area contributed by atoms with Crippen molar-refractivity contribution in [3.63, 3.8) is 0 Å². The third-order valence-electron chi connectivity index (χ3n) is 4.04. The molecule has 0 bridgehead atoms. The lowest BCUT2D eigenvalue weighted by Gasteiger charge is -2.32. The summed E-state index contributed by atoms with van der Waals surface area (Å²) < 4.78 is 31.0. The first-order chi connectivity index (χ1) is 10.5. The number of oxazole rings is 1. The highest BCUT2D eigenvalue weighted by molar-refractivity contribution is 7.89. The normalized spacial score (nSPS) is 18.1. The summed E-state index contributed by atoms with van der Waals surface area (Å²) in [5.41, 5.74) is 2.82. The van der Waals surface area contributed by atoms with Crippen molar-refractivity contribution in [3.05, 3.63) is 29.7 Å². The number of sulfonamides is 1. The third-order valence-corrected chi connectivity index (χ3v) is 5.92. The molecule has 3 rings (SSSR count). The van der Waals surface area contributed by atoms with Gasteiger partial charge in [0.05, 0.1) is 12.3 Å². The van der Waals surface area contributed by atoms with E-state index in [0.29, 0.717) is 38.6 Å². The third kappa shape index (κ3) is 3.16. The van der Waals surface area contributed by atoms with Gasteiger partial charge in [-0.3, -0.25) is 4.90 Å². The van der Waals surface area contributed by atoms with Crippen LogP contribution in [0.2, 0.25) is 0 Å². The van der Waals surface area contributed by atoms with E-state index in [9.17, 15) is 8.42 Å². The SMILES string of the molecule is CCS(=O)(=O)N1CCN(Cc2nc3ccc(C)cc3o2)CC1. The molecule has 1 aliphatic heterocycles. The molecule has 1 aromatic carbocycles. The molecule has 0 N–H and O–H groups in total. The van der Waals surface area contributed by atoms with Crippen molar-refractivity contribution in [3.8, 4) is 0 Å². The van der Waals surface area contributed by atoms with Crippen LogP contribution in [-0.4, -0.2) is 54.5 Å². The van der Waals surface area contributed by atoms with Crippen LogP contribution in [-0.2, 0) is 16.6 Å². The Morgan fingerprint density at radius 1 is 1.23 bits per heavy atom. The second kappa shape index (κ2) is 5.98. The summed E-state index contributed by atoms with van der Waals surface area (Å²) in [7, 11) is -3.08. The molecule has 0 aliphatic carbocycles. The van der Waals surface area contributed by atoms with E-state index in [1.54, 1.807) is 11.2 Å². The first-order valence-electron chi connectivity index (χ1n) is 7.54. The number of nitrogens with zero attached hydrogens (tertiary/aromatic N) is 3. The number of aromatic nitrogens is 1. The molecule has 0 amide bonds. The van der Waals surface area contributed by atoms with Crippen LogP contribution in [0.5, 0.6) is 0 Å². The predicted octanol–water partition coefficient (Wildman–Crippen LogP) is 1.60. The van der Waals surface area contributed by atoms with Crippen LogP contribution >= 0.6 is 0 Å². The highest BCUT2D eigenvalue weighted by Gasteiger charge is 2.26. The molecule has 1 aliphatic rings. The van der Waals surface area contributed by atoms with E-state index in [4.69, 9.17) is 4.42 Å². The molecule has 0 atom stereocenters. The quantitative estimate of drug-likeness (QED) is 0.855. The van der Waals surface area contributed by atoms with Gasteiger partial charge in [-0.25, -0.2) is 13.4 Å². The van der Waals surface area contributed by atoms with Crippen LogP contribution in [0.25, 0.3) is 11.1 Å². The fraction of sp³-hybridized carbons (Fsp3) is 0.533. The molecule has 0 radical (unpaired) electrons. The van der Waals surface area contributed by atoms with Crippen LogP contribution in [0.4, 0.5) is 0 Å². The van der Waals surface area contributed by atoms with Gasteiger partial charge < -0.3 is 4.42 Å². The molecule has 22 heavy (non-hydrogen) atoms. The zero-order chi connectivity index (χ0) is 15.7. The molecule has 6 nitrogen and oxygen atoms in total. The van der Waals surface area contributed by atoms with Crippen molar-refractivity contribution in [2.45, 2.75) is 20.4 Å². The molecule has 2 aromatic rings. The molecule has 0 spiro atoms. The van der Waals surface area contributed by atoms with Gasteiger partial charge in [0.1, 0.15) is 5.52 Å². The number of hydrogen-bond donors (Lipinski definition) is 0. The molecular formula is C15H21N3O3S. The summed E-state index contributed by atoms with van der Waals surface area (Å²) >= 11 is 0. The Labute approximate surface area is 130 Å². The first-order valence-corrected chi connectivity index (χ1v) is 9.15. The smallest absolute Gasteiger partial charge is 0.213 e. The Morgan fingerprint density at radius 3 is 2.64 bits per heavy atom. The zero-order valence-corrected chi connectivity index (χ0v) is 13.8. The van der Waals surface area contributed by atoms with E-state index < -0.39 is 10.0 Å². The molecule has 120 valence electrons. The van der Waals surface area contributed by atoms with Crippen molar-refractivity contribution in [2.75, 3.05) is 31.9 Å². The molecule has 7 heteroatoms. The largest absolute Gasteiger partial charge is 0.439 e. The minimum atomic E-state index is -3.08. The molecule has 1 fully saturated rings. The van der Waals surface area contributed by atoms with Gasteiger partial charge in [0, 0.05) is 26.2 Å². The molecular weight excluding hydrogens is 302 g/mol. The summed E-state index contributed by atoms with van der Waals surface area (Å²) in [4.78, 5) is 6.67. The summed E-state index contributed by atoms with van der Waals surface area (Å²) in [6.07, 6.45) is 0. The number of aryl methyl sites for hydroxylation is 1. The summed E-state index contributed by atoms with van der Waals surface area (Å²) in [6.45, 7) is 6.81. The second-order valence-corrected chi connectivity index (χ2v) is 7.91. The molecule has 2 heterocycles. The highest BCUT2D eigenvalue weighted by Crippen LogP contribution is 2.19. The molecule has 1 saturated heterocycles. The van der Waals surface area contributed by atoms with Crippen molar-refractivity contribution >= 4 is 21.1 Å². The van der Waals surface area contributed by atoms with Gasteiger partial charge in [-0.05, 0) is 31.5 Å². The average molecular weight is 323 g/mol. The number of piperazine rings is 1. The van der Waals surface area contributed by atoms with Gasteiger partial charge >= 0.3 is 0 Å². The van der Waals surface area contributed by atoms with Gasteiger partial charge in [-0.2, -0.15) is 4.31 Å². The summed E-state index contributed by atoms with van der Waals surface area (Å²) in [6, 6.07) is 5.96. The van der Waals surface area contributed by atoms with Gasteiger partial charge in [-0.1, -0.05) is 6.07 Å². The summed E-state index contributed by atoms with van der Waals surface area (Å²) in [5.74, 6) is 0.852. The maximum atomic E-state index is 11.8. The second-order valence-electron chi connectivity index (χ2n) is 5.65. The Balaban J connectivity index is 1.64. The van der Waals surface area contributed by atoms with Crippen molar-refractivity contribution in [1.29, 1.82) is 0 Å². The van der Waals surface area contributed by atoms with E-state index in [-0.39, 0.29) is 5.75 Å². The van der Waals surface area contributed by atoms with Crippen molar-refractivity contribution < 1.29 is 12.8 Å². The fourth-order valence-electron chi connectivity index (χ4n) is 2.69. The van der Waals surface area contributed by atoms with Crippen LogP contribution in [0.15, 0.2) is 22.6 Å². The van der Waals surface area contributed by atoms with E-state index in [2.05, 4.69) is 9.88 Å². The highest BCUT2D eigenvalue weighted by atomic mass is 32.2. The summed E-state index contributed by atoms with van der Waals surface area (Å²) in [5, 5.41) is 0. The van der Waals surface area contributed by atoms with Crippen LogP contribution in [0.1, 0.15) is 18.4 Å². The van der Waals surface area contributed by atoms with Gasteiger partial charge in [0.15, 0.2) is 5.58 Å². The first kappa shape index (κ1) is 15.5. The zero-order valence-electron chi connectivity index (χ0n) is 12.9. The van der Waals surface area contributed by atoms with E-state index in [1.807, 2.05) is 25.1 Å². The van der Waals surface area contributed by atoms with E-state index in [0.717, 1.165) is 16.7 Å². The van der Waals surface area contributed by atoms with Gasteiger partial charge in [-0.15, -0.1) is 0 Å². The minimum Gasteiger partial charge on any atom is -0.439 e. The number of fused-ring (bicyclic) bond motifs is 1. The monoisotopic (exact) mass is 323 g/mol. The lowest BCUT2D eigenvalue weighted by molar-refractivity contribution is 0.169. The maximum absolute atomic E-state index is 11.8. The lowest BCUT2D eigenvalue weighted by atomic mass is 10.2. The van der Waals surface area contributed by atoms with Crippen LogP contribution in [0, 0.1) is 6.92 Å². The Hall–Kier alpha value is -1.44. The van der Waals surface area contributed by atoms with E-state index >= 15 is 0 Å². The topological polar surface area (TPSA) is 66.7 Å². The van der Waals surface area contributed by atoms with Crippen LogP contribution < -0.4 is 0 Å². The number of rotatable bonds is 4. The van der Waals surface area contributed by atoms with E-state index in [1.165, 1.54) is 0 Å². The standard InChI is InChI=1S/C15H21N3O3S/c1-3-22(19,20)18-8-6-17(7-9-18)11-15-16-13-5-4-12(2)10-14(13)21-15/h4-5,10H,3,6-9,11H2,1-2H3. The van der Waals surface area contributed by atoms with Gasteiger partial charge in [0.25, 0.3) is 0 Å².